The molecular formula is C20H18N4O. The number of fused-ring (bicyclic) bond motifs is 2. The van der Waals surface area contributed by atoms with Crippen LogP contribution in [0.3, 0.4) is 0 Å². The summed E-state index contributed by atoms with van der Waals surface area (Å²) in [7, 11) is 2.05. The highest BCUT2D eigenvalue weighted by Gasteiger charge is 2.22. The second-order valence-electron chi connectivity index (χ2n) is 6.40. The van der Waals surface area contributed by atoms with Gasteiger partial charge in [0.25, 0.3) is 5.56 Å². The summed E-state index contributed by atoms with van der Waals surface area (Å²) in [6, 6.07) is 11.5. The average molecular weight is 330 g/mol. The van der Waals surface area contributed by atoms with Gasteiger partial charge in [0.05, 0.1) is 17.4 Å². The van der Waals surface area contributed by atoms with E-state index >= 15 is 0 Å². The van der Waals surface area contributed by atoms with Gasteiger partial charge in [-0.2, -0.15) is 0 Å². The smallest absolute Gasteiger partial charge is 0.261 e. The fraction of sp³-hybridized carbons (Fsp3) is 0.250. The van der Waals surface area contributed by atoms with Crippen molar-refractivity contribution in [2.45, 2.75) is 26.1 Å². The third-order valence-electron chi connectivity index (χ3n) is 4.62. The molecule has 0 amide bonds. The Kier molecular flexibility index (Phi) is 3.83. The molecule has 2 aromatic heterocycles. The molecule has 0 N–H and O–H groups in total. The Hall–Kier alpha value is -2.97. The predicted molar refractivity (Wildman–Crippen MR) is 97.1 cm³/mol. The second kappa shape index (κ2) is 6.15. The molecule has 25 heavy (non-hydrogen) atoms. The van der Waals surface area contributed by atoms with Gasteiger partial charge < -0.3 is 0 Å². The molecule has 3 heterocycles. The number of hydrogen-bond donors (Lipinski definition) is 0. The lowest BCUT2D eigenvalue weighted by molar-refractivity contribution is 0.183. The van der Waals surface area contributed by atoms with Crippen molar-refractivity contribution in [3.05, 3.63) is 70.0 Å². The Morgan fingerprint density at radius 1 is 1.20 bits per heavy atom. The molecule has 1 aliphatic heterocycles. The van der Waals surface area contributed by atoms with Crippen LogP contribution in [0.2, 0.25) is 0 Å². The average Bonchev–Trinajstić information content (AvgIpc) is 2.63. The largest absolute Gasteiger partial charge is 0.295 e. The van der Waals surface area contributed by atoms with Crippen molar-refractivity contribution < 1.29 is 0 Å². The molecule has 1 aromatic carbocycles. The summed E-state index contributed by atoms with van der Waals surface area (Å²) in [5.74, 6) is 6.94. The molecule has 3 aromatic rings. The molecule has 0 saturated heterocycles. The molecule has 1 atom stereocenters. The van der Waals surface area contributed by atoms with Gasteiger partial charge in [0, 0.05) is 24.3 Å². The van der Waals surface area contributed by atoms with Crippen molar-refractivity contribution in [2.75, 3.05) is 7.05 Å². The molecule has 4 rings (SSSR count). The molecule has 0 spiro atoms. The Balaban J connectivity index is 1.78. The minimum Gasteiger partial charge on any atom is -0.295 e. The lowest BCUT2D eigenvalue weighted by Gasteiger charge is -2.31. The second-order valence-corrected chi connectivity index (χ2v) is 6.40. The normalized spacial score (nSPS) is 17.0. The Bertz CT molecular complexity index is 1060. The molecule has 5 nitrogen and oxygen atoms in total. The molecule has 1 aliphatic rings. The highest BCUT2D eigenvalue weighted by molar-refractivity contribution is 5.79. The van der Waals surface area contributed by atoms with E-state index in [9.17, 15) is 4.79 Å². The molecular weight excluding hydrogens is 312 g/mol. The van der Waals surface area contributed by atoms with Crippen molar-refractivity contribution in [2.24, 2.45) is 0 Å². The highest BCUT2D eigenvalue weighted by Crippen LogP contribution is 2.16. The van der Waals surface area contributed by atoms with Crippen LogP contribution in [0.1, 0.15) is 24.0 Å². The zero-order valence-corrected chi connectivity index (χ0v) is 14.2. The first-order valence-corrected chi connectivity index (χ1v) is 8.28. The maximum atomic E-state index is 12.8. The fourth-order valence-corrected chi connectivity index (χ4v) is 3.01. The zero-order valence-electron chi connectivity index (χ0n) is 14.2. The summed E-state index contributed by atoms with van der Waals surface area (Å²) in [6.45, 7) is 3.47. The van der Waals surface area contributed by atoms with E-state index in [2.05, 4.69) is 35.7 Å². The van der Waals surface area contributed by atoms with Crippen LogP contribution in [0.4, 0.5) is 0 Å². The van der Waals surface area contributed by atoms with Crippen LogP contribution < -0.4 is 5.56 Å². The number of pyridine rings is 1. The van der Waals surface area contributed by atoms with Crippen molar-refractivity contribution in [3.8, 4) is 11.8 Å². The summed E-state index contributed by atoms with van der Waals surface area (Å²) in [5.41, 5.74) is 2.28. The number of hydrogen-bond acceptors (Lipinski definition) is 4. The maximum absolute atomic E-state index is 12.8. The molecule has 0 saturated carbocycles. The topological polar surface area (TPSA) is 51.0 Å². The predicted octanol–water partition coefficient (Wildman–Crippen LogP) is 2.03. The van der Waals surface area contributed by atoms with Crippen molar-refractivity contribution in [3.63, 3.8) is 0 Å². The van der Waals surface area contributed by atoms with E-state index in [4.69, 9.17) is 4.98 Å². The van der Waals surface area contributed by atoms with E-state index in [1.807, 2.05) is 36.4 Å². The quantitative estimate of drug-likeness (QED) is 0.592. The van der Waals surface area contributed by atoms with Crippen LogP contribution in [0.25, 0.3) is 10.9 Å². The van der Waals surface area contributed by atoms with E-state index in [0.29, 0.717) is 30.0 Å². The molecule has 124 valence electrons. The van der Waals surface area contributed by atoms with E-state index in [1.165, 1.54) is 0 Å². The third kappa shape index (κ3) is 2.92. The molecule has 5 heteroatoms. The monoisotopic (exact) mass is 330 g/mol. The van der Waals surface area contributed by atoms with Gasteiger partial charge in [-0.1, -0.05) is 12.0 Å². The Morgan fingerprint density at radius 2 is 2.08 bits per heavy atom. The lowest BCUT2D eigenvalue weighted by atomic mass is 10.1. The van der Waals surface area contributed by atoms with E-state index in [-0.39, 0.29) is 5.56 Å². The van der Waals surface area contributed by atoms with Crippen LogP contribution >= 0.6 is 0 Å². The van der Waals surface area contributed by atoms with Gasteiger partial charge in [0.15, 0.2) is 0 Å². The van der Waals surface area contributed by atoms with Gasteiger partial charge in [-0.3, -0.25) is 14.3 Å². The van der Waals surface area contributed by atoms with Gasteiger partial charge in [-0.15, -0.1) is 0 Å². The van der Waals surface area contributed by atoms with Gasteiger partial charge in [-0.25, -0.2) is 9.97 Å². The lowest BCUT2D eigenvalue weighted by Crippen LogP contribution is -2.43. The van der Waals surface area contributed by atoms with Crippen LogP contribution in [0, 0.1) is 11.8 Å². The summed E-state index contributed by atoms with van der Waals surface area (Å²) in [5, 5.41) is 0.642. The SMILES string of the molecule is CC1Cn2c(nc3cc(C#Cc4ccccn4)ccc3c2=O)CN1C. The molecule has 1 unspecified atom stereocenters. The van der Waals surface area contributed by atoms with Gasteiger partial charge >= 0.3 is 0 Å². The summed E-state index contributed by atoms with van der Waals surface area (Å²) < 4.78 is 1.80. The van der Waals surface area contributed by atoms with Crippen LogP contribution in [-0.4, -0.2) is 32.5 Å². The third-order valence-corrected chi connectivity index (χ3v) is 4.62. The number of aromatic nitrogens is 3. The van der Waals surface area contributed by atoms with Crippen LogP contribution in [0.15, 0.2) is 47.4 Å². The molecule has 0 aliphatic carbocycles. The van der Waals surface area contributed by atoms with Crippen LogP contribution in [-0.2, 0) is 13.1 Å². The minimum absolute atomic E-state index is 0.0317. The first-order valence-electron chi connectivity index (χ1n) is 8.28. The fourth-order valence-electron chi connectivity index (χ4n) is 3.01. The summed E-state index contributed by atoms with van der Waals surface area (Å²) in [4.78, 5) is 23.9. The van der Waals surface area contributed by atoms with E-state index < -0.39 is 0 Å². The zero-order chi connectivity index (χ0) is 17.4. The molecule has 0 bridgehead atoms. The van der Waals surface area contributed by atoms with Crippen molar-refractivity contribution in [1.29, 1.82) is 0 Å². The number of rotatable bonds is 0. The molecule has 0 fully saturated rings. The van der Waals surface area contributed by atoms with E-state index in [0.717, 1.165) is 17.1 Å². The van der Waals surface area contributed by atoms with Crippen molar-refractivity contribution >= 4 is 10.9 Å². The van der Waals surface area contributed by atoms with Gasteiger partial charge in [-0.05, 0) is 50.2 Å². The summed E-state index contributed by atoms with van der Waals surface area (Å²) in [6.07, 6.45) is 1.72. The van der Waals surface area contributed by atoms with Gasteiger partial charge in [0.2, 0.25) is 0 Å². The molecule has 0 radical (unpaired) electrons. The standard InChI is InChI=1S/C20H18N4O/c1-14-12-24-19(13-23(14)2)22-18-11-15(7-9-17(18)20(24)25)6-8-16-5-3-4-10-21-16/h3-5,7,9-11,14H,12-13H2,1-2H3. The highest BCUT2D eigenvalue weighted by atomic mass is 16.1. The van der Waals surface area contributed by atoms with Crippen molar-refractivity contribution in [1.82, 2.24) is 19.4 Å². The van der Waals surface area contributed by atoms with Crippen LogP contribution in [0.5, 0.6) is 0 Å². The minimum atomic E-state index is 0.0317. The Morgan fingerprint density at radius 3 is 2.88 bits per heavy atom. The number of nitrogens with zero attached hydrogens (tertiary/aromatic N) is 4. The van der Waals surface area contributed by atoms with E-state index in [1.54, 1.807) is 10.8 Å². The first kappa shape index (κ1) is 15.6. The number of benzene rings is 1. The van der Waals surface area contributed by atoms with Gasteiger partial charge in [0.1, 0.15) is 11.5 Å². The summed E-state index contributed by atoms with van der Waals surface area (Å²) >= 11 is 0. The Labute approximate surface area is 146 Å². The first-order chi connectivity index (χ1) is 12.1. The maximum Gasteiger partial charge on any atom is 0.261 e. The number of likely N-dealkylation sites (N-methyl/N-ethyl adjacent to an activating group) is 1.